The summed E-state index contributed by atoms with van der Waals surface area (Å²) < 4.78 is 4.87. The van der Waals surface area contributed by atoms with E-state index in [1.54, 1.807) is 6.92 Å². The second kappa shape index (κ2) is 11.1. The fourth-order valence-electron chi connectivity index (χ4n) is 1.76. The van der Waals surface area contributed by atoms with Crippen LogP contribution < -0.4 is 0 Å². The lowest BCUT2D eigenvalue weighted by molar-refractivity contribution is -0.164. The van der Waals surface area contributed by atoms with Crippen molar-refractivity contribution in [3.05, 3.63) is 0 Å². The molecule has 0 rings (SSSR count). The third-order valence-electron chi connectivity index (χ3n) is 2.91. The number of esters is 1. The predicted octanol–water partition coefficient (Wildman–Crippen LogP) is 3.53. The first kappa shape index (κ1) is 16.9. The Morgan fingerprint density at radius 1 is 1.00 bits per heavy atom. The van der Waals surface area contributed by atoms with Gasteiger partial charge in [-0.05, 0) is 12.8 Å². The number of hydrogen-bond acceptors (Lipinski definition) is 3. The van der Waals surface area contributed by atoms with E-state index < -0.39 is 18.0 Å². The molecule has 0 aliphatic rings. The quantitative estimate of drug-likeness (QED) is 0.455. The van der Waals surface area contributed by atoms with Crippen molar-refractivity contribution in [3.63, 3.8) is 0 Å². The first-order valence-corrected chi connectivity index (χ1v) is 7.04. The van der Waals surface area contributed by atoms with E-state index in [1.165, 1.54) is 25.7 Å². The van der Waals surface area contributed by atoms with Gasteiger partial charge in [-0.15, -0.1) is 0 Å². The number of unbranched alkanes of at least 4 members (excludes halogenated alkanes) is 6. The maximum Gasteiger partial charge on any atom is 0.345 e. The second-order valence-corrected chi connectivity index (χ2v) is 4.58. The zero-order chi connectivity index (χ0) is 13.8. The van der Waals surface area contributed by atoms with Crippen LogP contribution in [0.3, 0.4) is 0 Å². The molecule has 1 unspecified atom stereocenters. The van der Waals surface area contributed by atoms with Crippen molar-refractivity contribution in [2.75, 3.05) is 0 Å². The highest BCUT2D eigenvalue weighted by Crippen LogP contribution is 2.12. The molecule has 0 spiro atoms. The van der Waals surface area contributed by atoms with Gasteiger partial charge in [-0.1, -0.05) is 52.4 Å². The number of carbonyl (C=O) groups excluding carboxylic acids is 1. The van der Waals surface area contributed by atoms with Crippen LogP contribution in [0.1, 0.15) is 71.6 Å². The van der Waals surface area contributed by atoms with Crippen LogP contribution in [0.5, 0.6) is 0 Å². The number of aliphatic carboxylic acids is 1. The average Bonchev–Trinajstić information content (AvgIpc) is 2.35. The Morgan fingerprint density at radius 2 is 1.56 bits per heavy atom. The lowest BCUT2D eigenvalue weighted by Gasteiger charge is -2.12. The molecule has 0 saturated heterocycles. The van der Waals surface area contributed by atoms with E-state index in [9.17, 15) is 9.59 Å². The van der Waals surface area contributed by atoms with Gasteiger partial charge in [0.1, 0.15) is 0 Å². The lowest BCUT2D eigenvalue weighted by Crippen LogP contribution is -2.26. The van der Waals surface area contributed by atoms with E-state index >= 15 is 0 Å². The molecule has 106 valence electrons. The molecule has 0 fully saturated rings. The molecule has 1 atom stereocenters. The van der Waals surface area contributed by atoms with Crippen molar-refractivity contribution in [1.29, 1.82) is 0 Å². The largest absolute Gasteiger partial charge is 0.479 e. The van der Waals surface area contributed by atoms with Gasteiger partial charge in [-0.3, -0.25) is 4.79 Å². The minimum absolute atomic E-state index is 0.223. The van der Waals surface area contributed by atoms with Crippen LogP contribution >= 0.6 is 0 Å². The number of carboxylic acid groups (broad SMARTS) is 1. The molecule has 1 N–H and O–H groups in total. The van der Waals surface area contributed by atoms with Gasteiger partial charge in [-0.25, -0.2) is 4.79 Å². The van der Waals surface area contributed by atoms with Gasteiger partial charge in [0.2, 0.25) is 0 Å². The zero-order valence-corrected chi connectivity index (χ0v) is 11.6. The predicted molar refractivity (Wildman–Crippen MR) is 70.4 cm³/mol. The molecule has 0 aromatic rings. The molecular formula is C14H26O4. The van der Waals surface area contributed by atoms with Crippen molar-refractivity contribution in [1.82, 2.24) is 0 Å². The van der Waals surface area contributed by atoms with Gasteiger partial charge in [-0.2, -0.15) is 0 Å². The molecule has 0 heterocycles. The zero-order valence-electron chi connectivity index (χ0n) is 11.6. The number of ether oxygens (including phenoxy) is 1. The van der Waals surface area contributed by atoms with Crippen LogP contribution in [0.4, 0.5) is 0 Å². The fourth-order valence-corrected chi connectivity index (χ4v) is 1.76. The van der Waals surface area contributed by atoms with Gasteiger partial charge >= 0.3 is 11.9 Å². The molecule has 18 heavy (non-hydrogen) atoms. The molecule has 4 heteroatoms. The van der Waals surface area contributed by atoms with Crippen LogP contribution in [-0.2, 0) is 14.3 Å². The SMILES string of the molecule is CCCCCCCCCC(OC(=O)CC)C(=O)O. The van der Waals surface area contributed by atoms with E-state index in [0.717, 1.165) is 19.3 Å². The molecule has 0 aromatic heterocycles. The standard InChI is InChI=1S/C14H26O4/c1-3-5-6-7-8-9-10-11-12(14(16)17)18-13(15)4-2/h12H,3-11H2,1-2H3,(H,16,17). The Bertz CT molecular complexity index is 238. The monoisotopic (exact) mass is 258 g/mol. The van der Waals surface area contributed by atoms with E-state index in [1.807, 2.05) is 0 Å². The van der Waals surface area contributed by atoms with Gasteiger partial charge < -0.3 is 9.84 Å². The summed E-state index contributed by atoms with van der Waals surface area (Å²) in [6.45, 7) is 3.84. The Balaban J connectivity index is 3.65. The minimum Gasteiger partial charge on any atom is -0.479 e. The highest BCUT2D eigenvalue weighted by Gasteiger charge is 2.20. The summed E-state index contributed by atoms with van der Waals surface area (Å²) in [4.78, 5) is 21.9. The molecule has 0 aliphatic heterocycles. The van der Waals surface area contributed by atoms with E-state index in [4.69, 9.17) is 9.84 Å². The molecule has 0 saturated carbocycles. The van der Waals surface area contributed by atoms with Crippen molar-refractivity contribution < 1.29 is 19.4 Å². The Labute approximate surface area is 110 Å². The maximum absolute atomic E-state index is 11.0. The van der Waals surface area contributed by atoms with Gasteiger partial charge in [0, 0.05) is 6.42 Å². The van der Waals surface area contributed by atoms with E-state index in [-0.39, 0.29) is 6.42 Å². The molecule has 4 nitrogen and oxygen atoms in total. The summed E-state index contributed by atoms with van der Waals surface area (Å²) in [5, 5.41) is 8.91. The summed E-state index contributed by atoms with van der Waals surface area (Å²) in [5.74, 6) is -1.48. The van der Waals surface area contributed by atoms with E-state index in [2.05, 4.69) is 6.92 Å². The summed E-state index contributed by atoms with van der Waals surface area (Å²) in [6, 6.07) is 0. The molecular weight excluding hydrogens is 232 g/mol. The third kappa shape index (κ3) is 9.02. The summed E-state index contributed by atoms with van der Waals surface area (Å²) in [5.41, 5.74) is 0. The molecule has 0 bridgehead atoms. The molecule has 0 aliphatic carbocycles. The van der Waals surface area contributed by atoms with Crippen molar-refractivity contribution in [2.24, 2.45) is 0 Å². The smallest absolute Gasteiger partial charge is 0.345 e. The summed E-state index contributed by atoms with van der Waals surface area (Å²) in [7, 11) is 0. The first-order chi connectivity index (χ1) is 8.61. The van der Waals surface area contributed by atoms with Crippen molar-refractivity contribution in [2.45, 2.75) is 77.7 Å². The highest BCUT2D eigenvalue weighted by atomic mass is 16.6. The maximum atomic E-state index is 11.0. The van der Waals surface area contributed by atoms with Gasteiger partial charge in [0.15, 0.2) is 6.10 Å². The van der Waals surface area contributed by atoms with Crippen LogP contribution in [0, 0.1) is 0 Å². The van der Waals surface area contributed by atoms with Crippen LogP contribution in [0.2, 0.25) is 0 Å². The summed E-state index contributed by atoms with van der Waals surface area (Å²) in [6.07, 6.45) is 7.60. The Kier molecular flexibility index (Phi) is 10.4. The number of carbonyl (C=O) groups is 2. The first-order valence-electron chi connectivity index (χ1n) is 7.04. The van der Waals surface area contributed by atoms with Crippen molar-refractivity contribution >= 4 is 11.9 Å². The number of hydrogen-bond donors (Lipinski definition) is 1. The fraction of sp³-hybridized carbons (Fsp3) is 0.857. The normalized spacial score (nSPS) is 12.1. The third-order valence-corrected chi connectivity index (χ3v) is 2.91. The van der Waals surface area contributed by atoms with E-state index in [0.29, 0.717) is 6.42 Å². The van der Waals surface area contributed by atoms with Crippen LogP contribution in [0.25, 0.3) is 0 Å². The number of carboxylic acids is 1. The number of rotatable bonds is 11. The average molecular weight is 258 g/mol. The molecule has 0 aromatic carbocycles. The van der Waals surface area contributed by atoms with Crippen LogP contribution in [0.15, 0.2) is 0 Å². The topological polar surface area (TPSA) is 63.6 Å². The Morgan fingerprint density at radius 3 is 2.06 bits per heavy atom. The van der Waals surface area contributed by atoms with Crippen LogP contribution in [-0.4, -0.2) is 23.1 Å². The highest BCUT2D eigenvalue weighted by molar-refractivity contribution is 5.77. The molecule has 0 radical (unpaired) electrons. The van der Waals surface area contributed by atoms with Gasteiger partial charge in [0.25, 0.3) is 0 Å². The second-order valence-electron chi connectivity index (χ2n) is 4.58. The Hall–Kier alpha value is -1.06. The van der Waals surface area contributed by atoms with Crippen molar-refractivity contribution in [3.8, 4) is 0 Å². The minimum atomic E-state index is -1.04. The molecule has 0 amide bonds. The lowest BCUT2D eigenvalue weighted by atomic mass is 10.1. The summed E-state index contributed by atoms with van der Waals surface area (Å²) >= 11 is 0. The van der Waals surface area contributed by atoms with Gasteiger partial charge in [0.05, 0.1) is 0 Å².